The predicted molar refractivity (Wildman–Crippen MR) is 53.7 cm³/mol. The van der Waals surface area contributed by atoms with Gasteiger partial charge in [-0.05, 0) is 45.8 Å². The molecule has 0 aromatic heterocycles. The van der Waals surface area contributed by atoms with Gasteiger partial charge in [-0.3, -0.25) is 9.29 Å². The zero-order valence-electron chi connectivity index (χ0n) is 8.56. The maximum atomic E-state index is 11.8. The summed E-state index contributed by atoms with van der Waals surface area (Å²) in [5.41, 5.74) is 0. The highest BCUT2D eigenvalue weighted by molar-refractivity contribution is 4.74. The second-order valence-electron chi connectivity index (χ2n) is 3.84. The van der Waals surface area contributed by atoms with Gasteiger partial charge in [0.2, 0.25) is 0 Å². The van der Waals surface area contributed by atoms with Gasteiger partial charge in [-0.2, -0.15) is 0 Å². The molecule has 0 aromatic rings. The Kier molecular flexibility index (Phi) is 5.32. The molecule has 3 heteroatoms. The molecule has 0 saturated carbocycles. The minimum absolute atomic E-state index is 0.203. The summed E-state index contributed by atoms with van der Waals surface area (Å²) >= 11 is 0. The van der Waals surface area contributed by atoms with Crippen molar-refractivity contribution in [3.63, 3.8) is 0 Å². The van der Waals surface area contributed by atoms with Crippen LogP contribution in [0.5, 0.6) is 0 Å². The highest BCUT2D eigenvalue weighted by atomic mass is 19.1. The van der Waals surface area contributed by atoms with Gasteiger partial charge in [0, 0.05) is 12.6 Å². The fraction of sp³-hybridized carbons (Fsp3) is 1.00. The quantitative estimate of drug-likeness (QED) is 0.634. The van der Waals surface area contributed by atoms with Crippen molar-refractivity contribution < 1.29 is 4.39 Å². The Balaban J connectivity index is 1.99. The van der Waals surface area contributed by atoms with Crippen molar-refractivity contribution in [2.75, 3.05) is 32.9 Å². The Morgan fingerprint density at radius 1 is 1.38 bits per heavy atom. The van der Waals surface area contributed by atoms with Crippen LogP contribution in [0.4, 0.5) is 4.39 Å². The molecule has 1 unspecified atom stereocenters. The van der Waals surface area contributed by atoms with Crippen LogP contribution in [0.25, 0.3) is 0 Å². The summed E-state index contributed by atoms with van der Waals surface area (Å²) in [5, 5.41) is 3.28. The van der Waals surface area contributed by atoms with Gasteiger partial charge in [-0.25, -0.2) is 0 Å². The summed E-state index contributed by atoms with van der Waals surface area (Å²) in [6.45, 7) is 6.34. The van der Waals surface area contributed by atoms with Crippen molar-refractivity contribution in [1.29, 1.82) is 0 Å². The van der Waals surface area contributed by atoms with Crippen LogP contribution in [-0.2, 0) is 0 Å². The molecule has 78 valence electrons. The molecule has 0 amide bonds. The third kappa shape index (κ3) is 4.05. The average molecular weight is 188 g/mol. The van der Waals surface area contributed by atoms with Crippen molar-refractivity contribution >= 4 is 0 Å². The maximum absolute atomic E-state index is 11.8. The molecule has 1 atom stereocenters. The van der Waals surface area contributed by atoms with Crippen LogP contribution in [0, 0.1) is 0 Å². The fourth-order valence-corrected chi connectivity index (χ4v) is 1.81. The van der Waals surface area contributed by atoms with E-state index in [1.54, 1.807) is 0 Å². The number of halogens is 1. The molecule has 1 aliphatic rings. The van der Waals surface area contributed by atoms with Crippen molar-refractivity contribution in [1.82, 2.24) is 10.2 Å². The molecule has 1 N–H and O–H groups in total. The smallest absolute Gasteiger partial charge is 0.0906 e. The molecule has 0 aliphatic carbocycles. The molecule has 0 aromatic carbocycles. The van der Waals surface area contributed by atoms with Crippen molar-refractivity contribution in [2.24, 2.45) is 0 Å². The third-order valence-corrected chi connectivity index (χ3v) is 2.69. The number of hydrogen-bond donors (Lipinski definition) is 1. The Labute approximate surface area is 80.5 Å². The standard InChI is InChI=1S/C10H21FN2/c1-10(9-12-6-4-5-11)13-7-2-3-8-13/h10,12H,2-9H2,1H3. The number of alkyl halides is 1. The van der Waals surface area contributed by atoms with Gasteiger partial charge in [0.1, 0.15) is 0 Å². The summed E-state index contributed by atoms with van der Waals surface area (Å²) in [7, 11) is 0. The van der Waals surface area contributed by atoms with E-state index in [0.717, 1.165) is 13.1 Å². The van der Waals surface area contributed by atoms with Crippen LogP contribution in [0.15, 0.2) is 0 Å². The van der Waals surface area contributed by atoms with Gasteiger partial charge < -0.3 is 5.32 Å². The molecule has 1 fully saturated rings. The van der Waals surface area contributed by atoms with Crippen LogP contribution in [0.1, 0.15) is 26.2 Å². The third-order valence-electron chi connectivity index (χ3n) is 2.69. The van der Waals surface area contributed by atoms with Crippen LogP contribution in [0.2, 0.25) is 0 Å². The molecule has 13 heavy (non-hydrogen) atoms. The Bertz CT molecular complexity index is 124. The van der Waals surface area contributed by atoms with E-state index in [4.69, 9.17) is 0 Å². The first-order valence-electron chi connectivity index (χ1n) is 5.35. The summed E-state index contributed by atoms with van der Waals surface area (Å²) in [5.74, 6) is 0. The zero-order chi connectivity index (χ0) is 9.52. The zero-order valence-corrected chi connectivity index (χ0v) is 8.56. The van der Waals surface area contributed by atoms with Gasteiger partial charge in [0.15, 0.2) is 0 Å². The van der Waals surface area contributed by atoms with E-state index in [0.29, 0.717) is 12.5 Å². The first-order chi connectivity index (χ1) is 6.34. The molecule has 0 radical (unpaired) electrons. The van der Waals surface area contributed by atoms with Crippen molar-refractivity contribution in [2.45, 2.75) is 32.2 Å². The number of likely N-dealkylation sites (tertiary alicyclic amines) is 1. The number of rotatable bonds is 6. The van der Waals surface area contributed by atoms with E-state index in [2.05, 4.69) is 17.1 Å². The van der Waals surface area contributed by atoms with Gasteiger partial charge in [-0.15, -0.1) is 0 Å². The van der Waals surface area contributed by atoms with Gasteiger partial charge in [-0.1, -0.05) is 0 Å². The lowest BCUT2D eigenvalue weighted by Gasteiger charge is -2.23. The van der Waals surface area contributed by atoms with Crippen molar-refractivity contribution in [3.8, 4) is 0 Å². The SMILES string of the molecule is CC(CNCCCF)N1CCCC1. The predicted octanol–water partition coefficient (Wildman–Crippen LogP) is 1.42. The average Bonchev–Trinajstić information content (AvgIpc) is 2.65. The minimum atomic E-state index is -0.203. The summed E-state index contributed by atoms with van der Waals surface area (Å²) in [6, 6.07) is 0.613. The van der Waals surface area contributed by atoms with Gasteiger partial charge in [0.05, 0.1) is 6.67 Å². The highest BCUT2D eigenvalue weighted by Gasteiger charge is 2.16. The number of hydrogen-bond acceptors (Lipinski definition) is 2. The van der Waals surface area contributed by atoms with E-state index in [-0.39, 0.29) is 6.67 Å². The maximum Gasteiger partial charge on any atom is 0.0906 e. The van der Waals surface area contributed by atoms with Crippen molar-refractivity contribution in [3.05, 3.63) is 0 Å². The normalized spacial score (nSPS) is 20.8. The second kappa shape index (κ2) is 6.33. The Morgan fingerprint density at radius 3 is 2.69 bits per heavy atom. The van der Waals surface area contributed by atoms with E-state index < -0.39 is 0 Å². The van der Waals surface area contributed by atoms with E-state index in [1.165, 1.54) is 25.9 Å². The molecule has 2 nitrogen and oxygen atoms in total. The summed E-state index contributed by atoms with van der Waals surface area (Å²) < 4.78 is 11.8. The molecular weight excluding hydrogens is 167 g/mol. The van der Waals surface area contributed by atoms with Gasteiger partial charge >= 0.3 is 0 Å². The molecule has 1 heterocycles. The molecular formula is C10H21FN2. The molecule has 0 bridgehead atoms. The number of nitrogens with one attached hydrogen (secondary N) is 1. The van der Waals surface area contributed by atoms with Gasteiger partial charge in [0.25, 0.3) is 0 Å². The lowest BCUT2D eigenvalue weighted by atomic mass is 10.3. The highest BCUT2D eigenvalue weighted by Crippen LogP contribution is 2.10. The van der Waals surface area contributed by atoms with E-state index in [1.807, 2.05) is 0 Å². The lowest BCUT2D eigenvalue weighted by Crippen LogP contribution is -2.38. The fourth-order valence-electron chi connectivity index (χ4n) is 1.81. The summed E-state index contributed by atoms with van der Waals surface area (Å²) in [4.78, 5) is 2.50. The molecule has 1 aliphatic heterocycles. The number of nitrogens with zero attached hydrogens (tertiary/aromatic N) is 1. The topological polar surface area (TPSA) is 15.3 Å². The minimum Gasteiger partial charge on any atom is -0.315 e. The second-order valence-corrected chi connectivity index (χ2v) is 3.84. The Morgan fingerprint density at radius 2 is 2.08 bits per heavy atom. The van der Waals surface area contributed by atoms with Crippen LogP contribution >= 0.6 is 0 Å². The van der Waals surface area contributed by atoms with E-state index >= 15 is 0 Å². The first-order valence-corrected chi connectivity index (χ1v) is 5.35. The largest absolute Gasteiger partial charge is 0.315 e. The first kappa shape index (κ1) is 10.9. The molecule has 1 saturated heterocycles. The molecule has 0 spiro atoms. The monoisotopic (exact) mass is 188 g/mol. The molecule has 1 rings (SSSR count). The Hall–Kier alpha value is -0.150. The van der Waals surface area contributed by atoms with Crippen LogP contribution < -0.4 is 5.32 Å². The summed E-state index contributed by atoms with van der Waals surface area (Å²) in [6.07, 6.45) is 3.33. The van der Waals surface area contributed by atoms with Crippen LogP contribution in [-0.4, -0.2) is 43.8 Å². The van der Waals surface area contributed by atoms with Crippen LogP contribution in [0.3, 0.4) is 0 Å². The lowest BCUT2D eigenvalue weighted by molar-refractivity contribution is 0.251. The van der Waals surface area contributed by atoms with E-state index in [9.17, 15) is 4.39 Å².